The van der Waals surface area contributed by atoms with Crippen LogP contribution in [0.25, 0.3) is 0 Å². The average molecular weight is 373 g/mol. The molecule has 0 aliphatic rings. The maximum atomic E-state index is 10.2. The molecule has 0 aliphatic carbocycles. The molecule has 0 saturated carbocycles. The molecule has 128 valence electrons. The quantitative estimate of drug-likeness (QED) is 0.804. The minimum Gasteiger partial charge on any atom is -0.482 e. The Morgan fingerprint density at radius 3 is 2.00 bits per heavy atom. The minimum absolute atomic E-state index is 0.288. The van der Waals surface area contributed by atoms with Gasteiger partial charge in [0, 0.05) is 5.02 Å². The second kappa shape index (κ2) is 10.4. The summed E-state index contributed by atoms with van der Waals surface area (Å²) in [7, 11) is 0. The predicted octanol–water partition coefficient (Wildman–Crippen LogP) is 3.61. The number of rotatable bonds is 6. The first-order chi connectivity index (χ1) is 11.4. The highest BCUT2D eigenvalue weighted by atomic mass is 35.5. The summed E-state index contributed by atoms with van der Waals surface area (Å²) in [6.45, 7) is -0.703. The third-order valence-electron chi connectivity index (χ3n) is 2.35. The molecule has 2 N–H and O–H groups in total. The van der Waals surface area contributed by atoms with Gasteiger partial charge in [0.25, 0.3) is 0 Å². The molecule has 0 amide bonds. The lowest BCUT2D eigenvalue weighted by Gasteiger charge is -2.04. The Hall–Kier alpha value is -2.44. The molecule has 0 aromatic heterocycles. The maximum absolute atomic E-state index is 10.2. The first kappa shape index (κ1) is 19.6. The van der Waals surface area contributed by atoms with Crippen LogP contribution in [0.2, 0.25) is 10.0 Å². The van der Waals surface area contributed by atoms with E-state index in [1.165, 1.54) is 12.1 Å². The summed E-state index contributed by atoms with van der Waals surface area (Å²) in [5.41, 5.74) is 0. The molecule has 0 heterocycles. The van der Waals surface area contributed by atoms with Gasteiger partial charge in [-0.3, -0.25) is 0 Å². The van der Waals surface area contributed by atoms with Crippen molar-refractivity contribution in [3.63, 3.8) is 0 Å². The van der Waals surface area contributed by atoms with Crippen LogP contribution in [0.15, 0.2) is 48.5 Å². The summed E-state index contributed by atoms with van der Waals surface area (Å²) < 4.78 is 9.73. The fraction of sp³-hybridized carbons (Fsp3) is 0.125. The molecule has 0 radical (unpaired) electrons. The van der Waals surface area contributed by atoms with Gasteiger partial charge in [-0.25, -0.2) is 9.59 Å². The van der Waals surface area contributed by atoms with E-state index in [9.17, 15) is 9.59 Å². The lowest BCUT2D eigenvalue weighted by Crippen LogP contribution is -2.09. The monoisotopic (exact) mass is 372 g/mol. The number of carboxylic acids is 2. The van der Waals surface area contributed by atoms with Gasteiger partial charge in [-0.2, -0.15) is 0 Å². The Balaban J connectivity index is 0.000000243. The number of halogens is 2. The molecule has 2 aromatic carbocycles. The van der Waals surface area contributed by atoms with Crippen molar-refractivity contribution in [1.29, 1.82) is 0 Å². The first-order valence-corrected chi connectivity index (χ1v) is 7.33. The molecule has 0 bridgehead atoms. The van der Waals surface area contributed by atoms with Crippen LogP contribution >= 0.6 is 23.2 Å². The van der Waals surface area contributed by atoms with Crippen molar-refractivity contribution in [2.45, 2.75) is 0 Å². The summed E-state index contributed by atoms with van der Waals surface area (Å²) in [5.74, 6) is -1.12. The van der Waals surface area contributed by atoms with Crippen molar-refractivity contribution in [1.82, 2.24) is 0 Å². The standard InChI is InChI=1S/C8H6Cl2O3.C8H8O3/c9-5-1-2-7(6(10)3-5)13-4-8(11)12;9-8(10)6-11-7-4-2-1-3-5-7/h1-3H,4H2,(H,11,12);1-5H,6H2,(H,9,10). The molecular formula is C16H14Cl2O6. The van der Waals surface area contributed by atoms with E-state index >= 15 is 0 Å². The van der Waals surface area contributed by atoms with Gasteiger partial charge in [0.2, 0.25) is 0 Å². The molecule has 0 saturated heterocycles. The summed E-state index contributed by atoms with van der Waals surface area (Å²) in [5, 5.41) is 17.4. The van der Waals surface area contributed by atoms with Crippen LogP contribution < -0.4 is 9.47 Å². The SMILES string of the molecule is O=C(O)COc1ccc(Cl)cc1Cl.O=C(O)COc1ccccc1. The second-order valence-electron chi connectivity index (χ2n) is 4.25. The van der Waals surface area contributed by atoms with Gasteiger partial charge in [0.05, 0.1) is 5.02 Å². The molecule has 8 heteroatoms. The van der Waals surface area contributed by atoms with Crippen LogP contribution in [0.1, 0.15) is 0 Å². The topological polar surface area (TPSA) is 93.1 Å². The third kappa shape index (κ3) is 8.26. The van der Waals surface area contributed by atoms with E-state index in [1.807, 2.05) is 6.07 Å². The Bertz CT molecular complexity index is 676. The zero-order valence-corrected chi connectivity index (χ0v) is 13.8. The van der Waals surface area contributed by atoms with Crippen LogP contribution in [0.5, 0.6) is 11.5 Å². The Labute approximate surface area is 148 Å². The molecule has 6 nitrogen and oxygen atoms in total. The number of hydrogen-bond acceptors (Lipinski definition) is 4. The Morgan fingerprint density at radius 2 is 1.46 bits per heavy atom. The van der Waals surface area contributed by atoms with Gasteiger partial charge >= 0.3 is 11.9 Å². The van der Waals surface area contributed by atoms with Crippen molar-refractivity contribution in [3.8, 4) is 11.5 Å². The molecule has 0 atom stereocenters. The number of carboxylic acid groups (broad SMARTS) is 2. The minimum atomic E-state index is -1.05. The smallest absolute Gasteiger partial charge is 0.341 e. The average Bonchev–Trinajstić information content (AvgIpc) is 2.53. The number of hydrogen-bond donors (Lipinski definition) is 2. The van der Waals surface area contributed by atoms with Crippen molar-refractivity contribution in [2.24, 2.45) is 0 Å². The number of aliphatic carboxylic acids is 2. The van der Waals surface area contributed by atoms with E-state index in [1.54, 1.807) is 30.3 Å². The van der Waals surface area contributed by atoms with E-state index in [4.69, 9.17) is 42.9 Å². The molecular weight excluding hydrogens is 359 g/mol. The van der Waals surface area contributed by atoms with Gasteiger partial charge in [-0.15, -0.1) is 0 Å². The fourth-order valence-electron chi connectivity index (χ4n) is 1.39. The highest BCUT2D eigenvalue weighted by Gasteiger charge is 2.04. The molecule has 0 fully saturated rings. The summed E-state index contributed by atoms with van der Waals surface area (Å²) in [4.78, 5) is 20.2. The van der Waals surface area contributed by atoms with Crippen LogP contribution in [0.3, 0.4) is 0 Å². The van der Waals surface area contributed by atoms with E-state index in [0.717, 1.165) is 0 Å². The van der Waals surface area contributed by atoms with Crippen LogP contribution in [0.4, 0.5) is 0 Å². The molecule has 2 rings (SSSR count). The highest BCUT2D eigenvalue weighted by Crippen LogP contribution is 2.27. The summed E-state index contributed by atoms with van der Waals surface area (Å²) in [6.07, 6.45) is 0. The summed E-state index contributed by atoms with van der Waals surface area (Å²) >= 11 is 11.3. The van der Waals surface area contributed by atoms with E-state index in [2.05, 4.69) is 0 Å². The summed E-state index contributed by atoms with van der Waals surface area (Å²) in [6, 6.07) is 13.4. The molecule has 24 heavy (non-hydrogen) atoms. The van der Waals surface area contributed by atoms with E-state index in [0.29, 0.717) is 21.5 Å². The third-order valence-corrected chi connectivity index (χ3v) is 2.88. The number of para-hydroxylation sites is 1. The van der Waals surface area contributed by atoms with Crippen LogP contribution in [-0.2, 0) is 9.59 Å². The Morgan fingerprint density at radius 1 is 0.875 bits per heavy atom. The van der Waals surface area contributed by atoms with Gasteiger partial charge in [-0.1, -0.05) is 41.4 Å². The number of benzene rings is 2. The lowest BCUT2D eigenvalue weighted by molar-refractivity contribution is -0.140. The van der Waals surface area contributed by atoms with Crippen molar-refractivity contribution in [2.75, 3.05) is 13.2 Å². The number of ether oxygens (including phenoxy) is 2. The van der Waals surface area contributed by atoms with Gasteiger partial charge < -0.3 is 19.7 Å². The van der Waals surface area contributed by atoms with Crippen molar-refractivity contribution >= 4 is 35.1 Å². The van der Waals surface area contributed by atoms with Gasteiger partial charge in [0.15, 0.2) is 13.2 Å². The molecule has 0 aliphatic heterocycles. The highest BCUT2D eigenvalue weighted by molar-refractivity contribution is 6.35. The van der Waals surface area contributed by atoms with Crippen LogP contribution in [0, 0.1) is 0 Å². The zero-order valence-electron chi connectivity index (χ0n) is 12.3. The van der Waals surface area contributed by atoms with E-state index in [-0.39, 0.29) is 6.61 Å². The van der Waals surface area contributed by atoms with Gasteiger partial charge in [0.1, 0.15) is 11.5 Å². The molecule has 0 spiro atoms. The van der Waals surface area contributed by atoms with Crippen molar-refractivity contribution in [3.05, 3.63) is 58.6 Å². The maximum Gasteiger partial charge on any atom is 0.341 e. The second-order valence-corrected chi connectivity index (χ2v) is 5.10. The fourth-order valence-corrected chi connectivity index (χ4v) is 1.86. The Kier molecular flexibility index (Phi) is 8.46. The normalized spacial score (nSPS) is 9.42. The largest absolute Gasteiger partial charge is 0.482 e. The van der Waals surface area contributed by atoms with Gasteiger partial charge in [-0.05, 0) is 30.3 Å². The van der Waals surface area contributed by atoms with E-state index < -0.39 is 18.5 Å². The number of carbonyl (C=O) groups is 2. The molecule has 2 aromatic rings. The molecule has 0 unspecified atom stereocenters. The van der Waals surface area contributed by atoms with Crippen LogP contribution in [-0.4, -0.2) is 35.4 Å². The zero-order chi connectivity index (χ0) is 17.9. The lowest BCUT2D eigenvalue weighted by atomic mass is 10.3. The predicted molar refractivity (Wildman–Crippen MR) is 89.2 cm³/mol. The first-order valence-electron chi connectivity index (χ1n) is 6.57. The van der Waals surface area contributed by atoms with Crippen molar-refractivity contribution < 1.29 is 29.3 Å².